The lowest BCUT2D eigenvalue weighted by atomic mass is 9.89. The molecule has 3 heterocycles. The van der Waals surface area contributed by atoms with Crippen LogP contribution in [0.25, 0.3) is 30.6 Å². The first kappa shape index (κ1) is 110. The average molecular weight is 1960 g/mol. The van der Waals surface area contributed by atoms with Crippen LogP contribution in [0.1, 0.15) is 169 Å². The monoisotopic (exact) mass is 1960 g/mol. The number of hydrogen-bond acceptors (Lipinski definition) is 26. The molecule has 0 aliphatic heterocycles. The number of ketones is 6. The summed E-state index contributed by atoms with van der Waals surface area (Å²) in [6.07, 6.45) is 2.78. The highest BCUT2D eigenvalue weighted by atomic mass is 32.2. The van der Waals surface area contributed by atoms with Crippen LogP contribution in [0, 0.1) is 17.8 Å². The number of sulfonamides is 1. The number of nitrogens with two attached hydrogens (primary N) is 11. The molecule has 0 spiro atoms. The van der Waals surface area contributed by atoms with Crippen molar-refractivity contribution in [3.63, 3.8) is 0 Å². The predicted octanol–water partition coefficient (Wildman–Crippen LogP) is 3.65. The maximum absolute atomic E-state index is 14.0. The lowest BCUT2D eigenvalue weighted by Gasteiger charge is -2.24. The van der Waals surface area contributed by atoms with Crippen LogP contribution < -0.4 is 94.4 Å². The summed E-state index contributed by atoms with van der Waals surface area (Å²) in [4.78, 5) is 211. The van der Waals surface area contributed by atoms with Gasteiger partial charge in [0.2, 0.25) is 74.6 Å². The third-order valence-electron chi connectivity index (χ3n) is 21.1. The summed E-state index contributed by atoms with van der Waals surface area (Å²) in [5.41, 5.74) is 63.5. The number of para-hydroxylation sites is 3. The second-order valence-corrected chi connectivity index (χ2v) is 37.2. The highest BCUT2D eigenvalue weighted by Gasteiger charge is 2.37. The fraction of sp³-hybridized carbons (Fsp3) is 0.387. The third-order valence-corrected chi connectivity index (χ3v) is 24.9. The first-order valence-electron chi connectivity index (χ1n) is 44.2. The fourth-order valence-electron chi connectivity index (χ4n) is 14.3. The van der Waals surface area contributed by atoms with E-state index >= 15 is 0 Å². The van der Waals surface area contributed by atoms with Crippen LogP contribution in [0.4, 0.5) is 0 Å². The van der Waals surface area contributed by atoms with Crippen LogP contribution in [0.15, 0.2) is 184 Å². The van der Waals surface area contributed by atoms with Gasteiger partial charge in [0.05, 0.1) is 73.2 Å². The van der Waals surface area contributed by atoms with Gasteiger partial charge in [-0.15, -0.1) is 34.0 Å². The predicted molar refractivity (Wildman–Crippen MR) is 528 cm³/mol. The van der Waals surface area contributed by atoms with Crippen molar-refractivity contribution in [3.8, 4) is 0 Å². The average Bonchev–Trinajstić information content (AvgIpc) is 1.81. The molecule has 8 amide bonds. The van der Waals surface area contributed by atoms with Crippen LogP contribution in [0.3, 0.4) is 0 Å². The highest BCUT2D eigenvalue weighted by molar-refractivity contribution is 7.88. The first-order chi connectivity index (χ1) is 65.3. The zero-order valence-corrected chi connectivity index (χ0v) is 79.4. The molecular weight excluding hydrogens is 1840 g/mol. The summed E-state index contributed by atoms with van der Waals surface area (Å²) >= 11 is 3.66. The Morgan fingerprint density at radius 3 is 0.891 bits per heavy atom. The van der Waals surface area contributed by atoms with Crippen molar-refractivity contribution >= 4 is 180 Å². The molecule has 6 aromatic carbocycles. The topological polar surface area (TPSA) is 720 Å². The fourth-order valence-corrected chi connectivity index (χ4v) is 18.0. The van der Waals surface area contributed by atoms with Gasteiger partial charge >= 0.3 is 0 Å². The molecule has 0 aliphatic carbocycles. The zero-order valence-electron chi connectivity index (χ0n) is 76.1. The molecule has 732 valence electrons. The number of nitrogens with zero attached hydrogens (tertiary/aromatic N) is 7. The van der Waals surface area contributed by atoms with E-state index < -0.39 is 134 Å². The molecule has 44 heteroatoms. The Balaban J connectivity index is 0.000000281. The molecule has 9 rings (SSSR count). The van der Waals surface area contributed by atoms with Gasteiger partial charge in [0.25, 0.3) is 0 Å². The Morgan fingerprint density at radius 2 is 0.606 bits per heavy atom. The standard InChI is InChI=1S/C34H46N10O5S.C30H37N7O5S.C29H37N7O6S2/c35-28(46)16-15-23(42-29(47)14-6-7-17-40-33(36)37)26(45)20-22(19-21-9-2-1-3-10-21)31(49)43-25(12-8-18-41-34(38)39)30(48)32-44-24-11-4-5-13-27(24)50-32;1-18(38)35-21(13-14-26(31)40)24(39)17-20(16-19-8-3-2-4-9-19)28(42)36-23(11-7-15-34-30(32)33)27(41)29-37-22-10-5-6-12-25(22)43-29;1-44(41,42)36-20(13-14-25(30)38)23(37)17-19(16-18-8-3-2-4-9-18)27(40)34-22(11-7-15-33-29(31)32)26(39)28-35-21-10-5-6-12-24(21)43-28/h1-5,9-11,13,22-23,25H,6-8,12,14-20H2,(H2,35,46)(H,42,47)(H,43,49)(H4,36,37,40)(H4,38,39,41);2-6,8-10,12,20-21,23H,7,11,13-17H2,1H3,(H2,31,40)(H,35,38)(H,36,42)(H4,32,33,34);2-6,8-10,12,19-20,22,36H,7,11,13-17H2,1H3,(H2,30,38)(H,34,40)(H4,31,32,33)/t22-,23+,25+;20-,21+,23+;19-,20+,22+/m111/s1. The van der Waals surface area contributed by atoms with Crippen LogP contribution in [-0.2, 0) is 82.0 Å². The molecule has 0 saturated carbocycles. The summed E-state index contributed by atoms with van der Waals surface area (Å²) in [7, 11) is -3.82. The smallest absolute Gasteiger partial charge is 0.224 e. The number of guanidine groups is 4. The van der Waals surface area contributed by atoms with Crippen molar-refractivity contribution in [1.82, 2.24) is 46.3 Å². The quantitative estimate of drug-likeness (QED) is 0.0112. The lowest BCUT2D eigenvalue weighted by molar-refractivity contribution is -0.132. The Morgan fingerprint density at radius 1 is 0.328 bits per heavy atom. The lowest BCUT2D eigenvalue weighted by Crippen LogP contribution is -2.47. The molecule has 0 bridgehead atoms. The van der Waals surface area contributed by atoms with E-state index in [2.05, 4.69) is 66.2 Å². The number of carbonyl (C=O) groups excluding carboxylic acids is 14. The van der Waals surface area contributed by atoms with Crippen LogP contribution in [0.2, 0.25) is 0 Å². The summed E-state index contributed by atoms with van der Waals surface area (Å²) < 4.78 is 28.6. The maximum atomic E-state index is 14.0. The van der Waals surface area contributed by atoms with E-state index in [4.69, 9.17) is 63.1 Å². The second kappa shape index (κ2) is 56.8. The van der Waals surface area contributed by atoms with Crippen molar-refractivity contribution in [3.05, 3.63) is 196 Å². The van der Waals surface area contributed by atoms with Gasteiger partial charge in [-0.3, -0.25) is 87.1 Å². The van der Waals surface area contributed by atoms with Gasteiger partial charge < -0.3 is 89.7 Å². The SMILES string of the molecule is CC(=O)N[C@@H](CCC(N)=O)C(=O)C[C@@H](Cc1ccccc1)C(=O)N[C@@H](CCCN=C(N)N)C(=O)c1nc2ccccc2s1.CS(=O)(=O)N[C@@H](CCC(N)=O)C(=O)C[C@@H](Cc1ccccc1)C(=O)N[C@@H](CCCN=C(N)N)C(=O)c1nc2ccccc2s1.NC(=O)CC[C@H](NC(=O)CCCCN=C(N)N)C(=O)C[C@@H](Cc1ccccc1)C(=O)N[C@@H](CCCN=C(N)N)C(=O)c1nc2ccccc2s1. The molecule has 40 nitrogen and oxygen atoms in total. The molecule has 28 N–H and O–H groups in total. The van der Waals surface area contributed by atoms with E-state index in [-0.39, 0.29) is 173 Å². The van der Waals surface area contributed by atoms with Gasteiger partial charge in [0.1, 0.15) is 0 Å². The van der Waals surface area contributed by atoms with Gasteiger partial charge in [-0.05, 0) is 143 Å². The Labute approximate surface area is 804 Å². The number of unbranched alkanes of at least 4 members (excludes halogenated alkanes) is 1. The zero-order chi connectivity index (χ0) is 100. The number of amides is 8. The molecule has 3 aromatic heterocycles. The number of benzene rings is 6. The van der Waals surface area contributed by atoms with Gasteiger partial charge in [0, 0.05) is 95.8 Å². The number of primary amides is 3. The summed E-state index contributed by atoms with van der Waals surface area (Å²) in [6.45, 7) is 2.34. The number of thiazole rings is 3. The summed E-state index contributed by atoms with van der Waals surface area (Å²) in [6, 6.07) is 43.0. The number of carbonyl (C=O) groups is 14. The van der Waals surface area contributed by atoms with E-state index in [1.165, 1.54) is 40.9 Å². The van der Waals surface area contributed by atoms with Crippen LogP contribution in [-0.4, -0.2) is 198 Å². The van der Waals surface area contributed by atoms with Crippen LogP contribution in [0.5, 0.6) is 0 Å². The minimum absolute atomic E-state index is 0.0108. The molecule has 9 aromatic rings. The van der Waals surface area contributed by atoms with Gasteiger partial charge in [0.15, 0.2) is 56.2 Å². The number of aliphatic imine (C=N–C) groups is 4. The molecule has 0 aliphatic rings. The maximum Gasteiger partial charge on any atom is 0.224 e. The number of nitrogens with one attached hydrogen (secondary N) is 6. The van der Waals surface area contributed by atoms with E-state index in [0.29, 0.717) is 55.2 Å². The molecule has 9 atom stereocenters. The molecule has 0 fully saturated rings. The van der Waals surface area contributed by atoms with E-state index in [0.717, 1.165) is 37.0 Å². The summed E-state index contributed by atoms with van der Waals surface area (Å²) in [5, 5.41) is 14.5. The van der Waals surface area contributed by atoms with Crippen molar-refractivity contribution in [2.24, 2.45) is 101 Å². The van der Waals surface area contributed by atoms with E-state index in [9.17, 15) is 75.5 Å². The van der Waals surface area contributed by atoms with Gasteiger partial charge in [-0.1, -0.05) is 127 Å². The van der Waals surface area contributed by atoms with Gasteiger partial charge in [-0.25, -0.2) is 28.1 Å². The Hall–Kier alpha value is -14.2. The number of rotatable bonds is 57. The van der Waals surface area contributed by atoms with Crippen molar-refractivity contribution in [1.29, 1.82) is 0 Å². The van der Waals surface area contributed by atoms with Crippen LogP contribution >= 0.6 is 34.0 Å². The van der Waals surface area contributed by atoms with E-state index in [1.807, 2.05) is 121 Å². The molecule has 0 unspecified atom stereocenters. The largest absolute Gasteiger partial charge is 0.370 e. The minimum Gasteiger partial charge on any atom is -0.370 e. The molecular formula is C93H120N24O16S4. The Kier molecular flexibility index (Phi) is 45.5. The number of fused-ring (bicyclic) bond motifs is 3. The normalized spacial score (nSPS) is 13.0. The molecule has 137 heavy (non-hydrogen) atoms. The first-order valence-corrected chi connectivity index (χ1v) is 48.5. The van der Waals surface area contributed by atoms with Crippen molar-refractivity contribution < 1.29 is 75.5 Å². The second-order valence-electron chi connectivity index (χ2n) is 32.3. The Bertz CT molecular complexity index is 5760. The van der Waals surface area contributed by atoms with Crippen molar-refractivity contribution in [2.75, 3.05) is 32.4 Å². The summed E-state index contributed by atoms with van der Waals surface area (Å²) in [5.74, 6) is -10.1. The minimum atomic E-state index is -3.82. The number of aromatic nitrogens is 3. The molecule has 0 saturated heterocycles. The third kappa shape index (κ3) is 40.5. The van der Waals surface area contributed by atoms with Gasteiger partial charge in [-0.2, -0.15) is 0 Å². The number of Topliss-reactive ketones (excluding diaryl/α,β-unsaturated/α-hetero) is 6. The molecule has 0 radical (unpaired) electrons. The number of hydrogen-bond donors (Lipinski definition) is 17. The van der Waals surface area contributed by atoms with Crippen molar-refractivity contribution in [2.45, 2.75) is 178 Å². The van der Waals surface area contributed by atoms with E-state index in [1.54, 1.807) is 42.5 Å². The highest BCUT2D eigenvalue weighted by Crippen LogP contribution is 2.29.